The van der Waals surface area contributed by atoms with E-state index in [1.165, 1.54) is 12.1 Å². The maximum absolute atomic E-state index is 13.0. The number of halogens is 3. The molecule has 0 fully saturated rings. The van der Waals surface area contributed by atoms with Crippen molar-refractivity contribution in [1.82, 2.24) is 0 Å². The number of rotatable bonds is 4. The number of hydrogen-bond donors (Lipinski definition) is 0. The molecule has 100 valence electrons. The van der Waals surface area contributed by atoms with Crippen molar-refractivity contribution in [2.45, 2.75) is 18.7 Å². The summed E-state index contributed by atoms with van der Waals surface area (Å²) in [5.74, 6) is 0.223. The molecule has 0 bridgehead atoms. The first-order chi connectivity index (χ1) is 9.05. The molecule has 1 atom stereocenters. The summed E-state index contributed by atoms with van der Waals surface area (Å²) in [4.78, 5) is 0. The first-order valence-corrected chi connectivity index (χ1v) is 5.88. The van der Waals surface area contributed by atoms with Crippen molar-refractivity contribution in [3.8, 4) is 5.75 Å². The molecule has 4 heteroatoms. The fourth-order valence-corrected chi connectivity index (χ4v) is 1.72. The van der Waals surface area contributed by atoms with E-state index in [-0.39, 0.29) is 12.2 Å². The third kappa shape index (κ3) is 4.02. The molecule has 2 rings (SSSR count). The number of para-hydroxylation sites is 1. The summed E-state index contributed by atoms with van der Waals surface area (Å²) < 4.78 is 44.0. The van der Waals surface area contributed by atoms with Crippen LogP contribution in [0.4, 0.5) is 13.2 Å². The molecule has 0 aromatic heterocycles. The second kappa shape index (κ2) is 5.78. The monoisotopic (exact) mass is 266 g/mol. The van der Waals surface area contributed by atoms with Gasteiger partial charge in [-0.2, -0.15) is 13.2 Å². The molecular formula is C15H13F3O. The van der Waals surface area contributed by atoms with E-state index in [0.717, 1.165) is 0 Å². The van der Waals surface area contributed by atoms with E-state index in [9.17, 15) is 13.2 Å². The Hall–Kier alpha value is -1.97. The number of benzene rings is 2. The van der Waals surface area contributed by atoms with Crippen LogP contribution in [0.2, 0.25) is 0 Å². The van der Waals surface area contributed by atoms with Gasteiger partial charge in [-0.15, -0.1) is 0 Å². The summed E-state index contributed by atoms with van der Waals surface area (Å²) in [7, 11) is 0. The highest BCUT2D eigenvalue weighted by molar-refractivity contribution is 5.22. The van der Waals surface area contributed by atoms with Gasteiger partial charge in [0.25, 0.3) is 0 Å². The van der Waals surface area contributed by atoms with Crippen LogP contribution in [0.15, 0.2) is 60.7 Å². The third-order valence-corrected chi connectivity index (χ3v) is 2.65. The Kier molecular flexibility index (Phi) is 4.10. The van der Waals surface area contributed by atoms with Crippen LogP contribution in [0.1, 0.15) is 5.56 Å². The van der Waals surface area contributed by atoms with Gasteiger partial charge in [0.05, 0.1) is 0 Å². The fourth-order valence-electron chi connectivity index (χ4n) is 1.72. The molecule has 0 heterocycles. The minimum absolute atomic E-state index is 0.195. The molecule has 2 aromatic rings. The van der Waals surface area contributed by atoms with Crippen molar-refractivity contribution in [2.75, 3.05) is 0 Å². The largest absolute Gasteiger partial charge is 0.481 e. The zero-order valence-corrected chi connectivity index (χ0v) is 10.1. The summed E-state index contributed by atoms with van der Waals surface area (Å²) >= 11 is 0. The second-order valence-corrected chi connectivity index (χ2v) is 4.15. The predicted octanol–water partition coefficient (Wildman–Crippen LogP) is 4.24. The average Bonchev–Trinajstić information content (AvgIpc) is 2.39. The van der Waals surface area contributed by atoms with Crippen molar-refractivity contribution in [3.63, 3.8) is 0 Å². The van der Waals surface area contributed by atoms with Gasteiger partial charge in [-0.25, -0.2) is 0 Å². The number of ether oxygens (including phenoxy) is 1. The van der Waals surface area contributed by atoms with Crippen molar-refractivity contribution < 1.29 is 17.9 Å². The molecule has 19 heavy (non-hydrogen) atoms. The fraction of sp³-hybridized carbons (Fsp3) is 0.200. The van der Waals surface area contributed by atoms with Gasteiger partial charge in [-0.1, -0.05) is 48.5 Å². The third-order valence-electron chi connectivity index (χ3n) is 2.65. The summed E-state index contributed by atoms with van der Waals surface area (Å²) in [6.45, 7) is 0. The van der Waals surface area contributed by atoms with Gasteiger partial charge in [-0.3, -0.25) is 0 Å². The lowest BCUT2D eigenvalue weighted by atomic mass is 10.1. The summed E-state index contributed by atoms with van der Waals surface area (Å²) in [5.41, 5.74) is 0.598. The second-order valence-electron chi connectivity index (χ2n) is 4.15. The Morgan fingerprint density at radius 3 is 1.89 bits per heavy atom. The van der Waals surface area contributed by atoms with Crippen molar-refractivity contribution in [2.24, 2.45) is 0 Å². The molecule has 0 spiro atoms. The van der Waals surface area contributed by atoms with E-state index in [2.05, 4.69) is 0 Å². The lowest BCUT2D eigenvalue weighted by Crippen LogP contribution is -2.36. The highest BCUT2D eigenvalue weighted by Crippen LogP contribution is 2.27. The molecule has 0 saturated carbocycles. The van der Waals surface area contributed by atoms with Crippen LogP contribution < -0.4 is 4.74 Å². The van der Waals surface area contributed by atoms with E-state index in [0.29, 0.717) is 5.56 Å². The Morgan fingerprint density at radius 2 is 1.37 bits per heavy atom. The van der Waals surface area contributed by atoms with Crippen molar-refractivity contribution in [3.05, 3.63) is 66.2 Å². The Balaban J connectivity index is 2.13. The summed E-state index contributed by atoms with van der Waals surface area (Å²) in [6.07, 6.45) is -6.43. The van der Waals surface area contributed by atoms with E-state index in [1.807, 2.05) is 0 Å². The van der Waals surface area contributed by atoms with Crippen LogP contribution in [-0.4, -0.2) is 12.3 Å². The van der Waals surface area contributed by atoms with Crippen LogP contribution >= 0.6 is 0 Å². The molecule has 0 aliphatic carbocycles. The normalized spacial score (nSPS) is 13.0. The van der Waals surface area contributed by atoms with Gasteiger partial charge in [0.1, 0.15) is 5.75 Å². The molecule has 2 aromatic carbocycles. The minimum atomic E-state index is -4.40. The van der Waals surface area contributed by atoms with Gasteiger partial charge >= 0.3 is 6.18 Å². The Bertz CT molecular complexity index is 452. The summed E-state index contributed by atoms with van der Waals surface area (Å²) in [5, 5.41) is 0. The van der Waals surface area contributed by atoms with Gasteiger partial charge in [-0.05, 0) is 17.7 Å². The van der Waals surface area contributed by atoms with Crippen LogP contribution in [-0.2, 0) is 6.42 Å². The maximum Gasteiger partial charge on any atom is 0.425 e. The molecule has 0 radical (unpaired) electrons. The number of hydrogen-bond acceptors (Lipinski definition) is 1. The predicted molar refractivity (Wildman–Crippen MR) is 67.1 cm³/mol. The Morgan fingerprint density at radius 1 is 0.842 bits per heavy atom. The van der Waals surface area contributed by atoms with Gasteiger partial charge in [0, 0.05) is 6.42 Å². The van der Waals surface area contributed by atoms with E-state index >= 15 is 0 Å². The van der Waals surface area contributed by atoms with Gasteiger partial charge in [0.2, 0.25) is 0 Å². The zero-order chi connectivity index (χ0) is 13.7. The van der Waals surface area contributed by atoms with Crippen LogP contribution in [0.5, 0.6) is 5.75 Å². The van der Waals surface area contributed by atoms with Crippen molar-refractivity contribution in [1.29, 1.82) is 0 Å². The lowest BCUT2D eigenvalue weighted by Gasteiger charge is -2.22. The van der Waals surface area contributed by atoms with Crippen LogP contribution in [0.3, 0.4) is 0 Å². The minimum Gasteiger partial charge on any atom is -0.481 e. The van der Waals surface area contributed by atoms with E-state index < -0.39 is 12.3 Å². The smallest absolute Gasteiger partial charge is 0.425 e. The molecule has 1 unspecified atom stereocenters. The molecule has 0 N–H and O–H groups in total. The first kappa shape index (κ1) is 13.5. The average molecular weight is 266 g/mol. The van der Waals surface area contributed by atoms with Gasteiger partial charge < -0.3 is 4.74 Å². The number of alkyl halides is 3. The molecular weight excluding hydrogens is 253 g/mol. The Labute approximate surface area is 109 Å². The van der Waals surface area contributed by atoms with Crippen LogP contribution in [0.25, 0.3) is 0 Å². The van der Waals surface area contributed by atoms with Crippen LogP contribution in [0, 0.1) is 0 Å². The molecule has 0 aliphatic heterocycles. The quantitative estimate of drug-likeness (QED) is 0.804. The molecule has 0 saturated heterocycles. The van der Waals surface area contributed by atoms with Crippen molar-refractivity contribution >= 4 is 0 Å². The lowest BCUT2D eigenvalue weighted by molar-refractivity contribution is -0.194. The SMILES string of the molecule is FC(F)(F)C(Cc1ccccc1)Oc1ccccc1. The highest BCUT2D eigenvalue weighted by atomic mass is 19.4. The topological polar surface area (TPSA) is 9.23 Å². The maximum atomic E-state index is 13.0. The highest BCUT2D eigenvalue weighted by Gasteiger charge is 2.41. The zero-order valence-electron chi connectivity index (χ0n) is 10.1. The standard InChI is InChI=1S/C15H13F3O/c16-15(17,18)14(11-12-7-3-1-4-8-12)19-13-9-5-2-6-10-13/h1-10,14H,11H2. The summed E-state index contributed by atoms with van der Waals surface area (Å²) in [6, 6.07) is 16.6. The molecule has 1 nitrogen and oxygen atoms in total. The van der Waals surface area contributed by atoms with E-state index in [1.54, 1.807) is 48.5 Å². The molecule has 0 aliphatic rings. The van der Waals surface area contributed by atoms with E-state index in [4.69, 9.17) is 4.74 Å². The first-order valence-electron chi connectivity index (χ1n) is 5.88. The molecule has 0 amide bonds. The van der Waals surface area contributed by atoms with Gasteiger partial charge in [0.15, 0.2) is 6.10 Å².